The fraction of sp³-hybridized carbons (Fsp3) is 0.167. The van der Waals surface area contributed by atoms with E-state index in [9.17, 15) is 0 Å². The molecule has 0 atom stereocenters. The Bertz CT molecular complexity index is 337. The minimum absolute atomic E-state index is 0.861. The average Bonchev–Trinajstić information content (AvgIpc) is 2.55. The predicted octanol–water partition coefficient (Wildman–Crippen LogP) is 1.03. The van der Waals surface area contributed by atoms with Gasteiger partial charge in [-0.2, -0.15) is 9.78 Å². The maximum absolute atomic E-state index is 4.23. The maximum atomic E-state index is 4.23. The van der Waals surface area contributed by atoms with Crippen LogP contribution in [0.5, 0.6) is 0 Å². The molecule has 0 fully saturated rings. The molecule has 0 radical (unpaired) electrons. The van der Waals surface area contributed by atoms with Crippen LogP contribution in [0.3, 0.4) is 0 Å². The third kappa shape index (κ3) is 1.14. The summed E-state index contributed by atoms with van der Waals surface area (Å²) < 4.78 is 1.65. The molecule has 56 valence electrons. The number of thiazole rings is 1. The molecule has 0 amide bonds. The van der Waals surface area contributed by atoms with Crippen molar-refractivity contribution < 1.29 is 0 Å². The third-order valence-corrected chi connectivity index (χ3v) is 2.17. The van der Waals surface area contributed by atoms with Gasteiger partial charge in [0.1, 0.15) is 12.7 Å². The zero-order chi connectivity index (χ0) is 7.68. The molecular weight excluding hydrogens is 160 g/mol. The Balaban J connectivity index is 2.45. The minimum atomic E-state index is 0.861. The van der Waals surface area contributed by atoms with E-state index in [4.69, 9.17) is 0 Å². The van der Waals surface area contributed by atoms with Gasteiger partial charge in [-0.15, -0.1) is 11.3 Å². The van der Waals surface area contributed by atoms with Crippen LogP contribution < -0.4 is 0 Å². The van der Waals surface area contributed by atoms with Crippen LogP contribution in [-0.4, -0.2) is 19.7 Å². The molecule has 0 saturated carbocycles. The zero-order valence-electron chi connectivity index (χ0n) is 5.93. The molecule has 2 rings (SSSR count). The van der Waals surface area contributed by atoms with Gasteiger partial charge in [-0.1, -0.05) is 0 Å². The summed E-state index contributed by atoms with van der Waals surface area (Å²) in [5.74, 6) is 0. The fourth-order valence-corrected chi connectivity index (χ4v) is 1.48. The summed E-state index contributed by atoms with van der Waals surface area (Å²) in [6.45, 7) is 1.96. The molecule has 2 aromatic heterocycles. The molecule has 0 aliphatic rings. The van der Waals surface area contributed by atoms with Crippen LogP contribution in [0, 0.1) is 6.92 Å². The SMILES string of the molecule is Cc1csc(-n2cncn2)n1. The maximum Gasteiger partial charge on any atom is 0.211 e. The van der Waals surface area contributed by atoms with Crippen molar-refractivity contribution in [3.05, 3.63) is 23.7 Å². The first-order valence-corrected chi connectivity index (χ1v) is 4.01. The minimum Gasteiger partial charge on any atom is -0.224 e. The summed E-state index contributed by atoms with van der Waals surface area (Å²) in [5, 5.41) is 6.80. The zero-order valence-corrected chi connectivity index (χ0v) is 6.75. The van der Waals surface area contributed by atoms with Gasteiger partial charge in [0, 0.05) is 5.38 Å². The molecule has 0 N–H and O–H groups in total. The van der Waals surface area contributed by atoms with Crippen molar-refractivity contribution >= 4 is 11.3 Å². The van der Waals surface area contributed by atoms with Gasteiger partial charge in [-0.05, 0) is 6.92 Å². The summed E-state index contributed by atoms with van der Waals surface area (Å²) in [6, 6.07) is 0. The quantitative estimate of drug-likeness (QED) is 0.635. The summed E-state index contributed by atoms with van der Waals surface area (Å²) in [4.78, 5) is 8.06. The lowest BCUT2D eigenvalue weighted by Crippen LogP contribution is -1.92. The lowest BCUT2D eigenvalue weighted by atomic mass is 10.6. The lowest BCUT2D eigenvalue weighted by molar-refractivity contribution is 0.864. The van der Waals surface area contributed by atoms with Crippen molar-refractivity contribution in [2.24, 2.45) is 0 Å². The first-order chi connectivity index (χ1) is 5.36. The Labute approximate surface area is 67.5 Å². The van der Waals surface area contributed by atoms with Crippen LogP contribution in [0.15, 0.2) is 18.0 Å². The topological polar surface area (TPSA) is 43.6 Å². The van der Waals surface area contributed by atoms with Crippen molar-refractivity contribution in [1.29, 1.82) is 0 Å². The number of aryl methyl sites for hydroxylation is 1. The van der Waals surface area contributed by atoms with Crippen LogP contribution >= 0.6 is 11.3 Å². The van der Waals surface area contributed by atoms with Gasteiger partial charge >= 0.3 is 0 Å². The van der Waals surface area contributed by atoms with Gasteiger partial charge in [0.25, 0.3) is 0 Å². The van der Waals surface area contributed by atoms with Crippen molar-refractivity contribution in [2.75, 3.05) is 0 Å². The largest absolute Gasteiger partial charge is 0.224 e. The molecule has 0 unspecified atom stereocenters. The predicted molar refractivity (Wildman–Crippen MR) is 41.8 cm³/mol. The second-order valence-electron chi connectivity index (χ2n) is 2.11. The molecule has 0 spiro atoms. The Morgan fingerprint density at radius 1 is 1.55 bits per heavy atom. The van der Waals surface area contributed by atoms with Crippen molar-refractivity contribution in [2.45, 2.75) is 6.92 Å². The summed E-state index contributed by atoms with van der Waals surface area (Å²) in [5.41, 5.74) is 1.01. The third-order valence-electron chi connectivity index (χ3n) is 1.22. The van der Waals surface area contributed by atoms with E-state index in [2.05, 4.69) is 15.1 Å². The van der Waals surface area contributed by atoms with E-state index in [1.54, 1.807) is 22.3 Å². The van der Waals surface area contributed by atoms with Crippen LogP contribution in [-0.2, 0) is 0 Å². The Hall–Kier alpha value is -1.23. The highest BCUT2D eigenvalue weighted by atomic mass is 32.1. The van der Waals surface area contributed by atoms with E-state index >= 15 is 0 Å². The smallest absolute Gasteiger partial charge is 0.211 e. The van der Waals surface area contributed by atoms with E-state index in [0.29, 0.717) is 0 Å². The van der Waals surface area contributed by atoms with Gasteiger partial charge in [-0.3, -0.25) is 0 Å². The standard InChI is InChI=1S/C6H6N4S/c1-5-2-11-6(9-5)10-4-7-3-8-10/h2-4H,1H3. The number of hydrogen-bond donors (Lipinski definition) is 0. The van der Waals surface area contributed by atoms with Gasteiger partial charge in [0.2, 0.25) is 5.13 Å². The van der Waals surface area contributed by atoms with E-state index in [1.807, 2.05) is 12.3 Å². The average molecular weight is 166 g/mol. The van der Waals surface area contributed by atoms with Crippen molar-refractivity contribution in [3.8, 4) is 5.13 Å². The van der Waals surface area contributed by atoms with Crippen molar-refractivity contribution in [3.63, 3.8) is 0 Å². The fourth-order valence-electron chi connectivity index (χ4n) is 0.754. The molecule has 4 nitrogen and oxygen atoms in total. The highest BCUT2D eigenvalue weighted by Crippen LogP contribution is 2.11. The van der Waals surface area contributed by atoms with E-state index in [0.717, 1.165) is 10.8 Å². The first-order valence-electron chi connectivity index (χ1n) is 3.13. The summed E-state index contributed by atoms with van der Waals surface area (Å²) in [6.07, 6.45) is 3.13. The van der Waals surface area contributed by atoms with Crippen molar-refractivity contribution in [1.82, 2.24) is 19.7 Å². The molecule has 0 bridgehead atoms. The molecule has 0 saturated heterocycles. The molecule has 11 heavy (non-hydrogen) atoms. The van der Waals surface area contributed by atoms with Gasteiger partial charge in [0.15, 0.2) is 0 Å². The van der Waals surface area contributed by atoms with Crippen LogP contribution in [0.25, 0.3) is 5.13 Å². The normalized spacial score (nSPS) is 10.3. The highest BCUT2D eigenvalue weighted by molar-refractivity contribution is 7.12. The highest BCUT2D eigenvalue weighted by Gasteiger charge is 1.99. The van der Waals surface area contributed by atoms with Gasteiger partial charge in [0.05, 0.1) is 5.69 Å². The van der Waals surface area contributed by atoms with Gasteiger partial charge in [-0.25, -0.2) is 9.97 Å². The van der Waals surface area contributed by atoms with E-state index in [1.165, 1.54) is 6.33 Å². The van der Waals surface area contributed by atoms with E-state index in [-0.39, 0.29) is 0 Å². The number of rotatable bonds is 1. The summed E-state index contributed by atoms with van der Waals surface area (Å²) >= 11 is 1.56. The van der Waals surface area contributed by atoms with Crippen LogP contribution in [0.2, 0.25) is 0 Å². The molecule has 2 heterocycles. The molecule has 2 aromatic rings. The lowest BCUT2D eigenvalue weighted by Gasteiger charge is -1.88. The molecule has 0 aliphatic heterocycles. The second kappa shape index (κ2) is 2.43. The summed E-state index contributed by atoms with van der Waals surface area (Å²) in [7, 11) is 0. The van der Waals surface area contributed by atoms with Crippen LogP contribution in [0.1, 0.15) is 5.69 Å². The Kier molecular flexibility index (Phi) is 1.43. The van der Waals surface area contributed by atoms with Crippen LogP contribution in [0.4, 0.5) is 0 Å². The Morgan fingerprint density at radius 2 is 2.45 bits per heavy atom. The molecule has 0 aliphatic carbocycles. The Morgan fingerprint density at radius 3 is 3.00 bits per heavy atom. The van der Waals surface area contributed by atoms with E-state index < -0.39 is 0 Å². The number of nitrogens with zero attached hydrogens (tertiary/aromatic N) is 4. The molecule has 5 heteroatoms. The molecular formula is C6H6N4S. The molecule has 0 aromatic carbocycles. The number of hydrogen-bond acceptors (Lipinski definition) is 4. The van der Waals surface area contributed by atoms with Gasteiger partial charge < -0.3 is 0 Å². The monoisotopic (exact) mass is 166 g/mol. The number of aromatic nitrogens is 4. The first kappa shape index (κ1) is 6.48. The second-order valence-corrected chi connectivity index (χ2v) is 2.95.